The van der Waals surface area contributed by atoms with Gasteiger partial charge in [-0.05, 0) is 18.2 Å². The number of alkyl halides is 3. The van der Waals surface area contributed by atoms with Crippen LogP contribution in [0, 0.1) is 0 Å². The Labute approximate surface area is 134 Å². The molecule has 1 aromatic rings. The van der Waals surface area contributed by atoms with Crippen molar-refractivity contribution in [3.05, 3.63) is 34.3 Å². The van der Waals surface area contributed by atoms with Gasteiger partial charge in [0.25, 0.3) is 5.91 Å². The van der Waals surface area contributed by atoms with E-state index in [1.165, 1.54) is 4.90 Å². The monoisotopic (exact) mass is 351 g/mol. The smallest absolute Gasteiger partial charge is 0.416 e. The molecule has 1 aromatic carbocycles. The van der Waals surface area contributed by atoms with Crippen molar-refractivity contribution in [2.24, 2.45) is 0 Å². The lowest BCUT2D eigenvalue weighted by molar-refractivity contribution is -0.139. The third-order valence-corrected chi connectivity index (χ3v) is 3.75. The molecule has 1 heterocycles. The second-order valence-corrected chi connectivity index (χ2v) is 5.42. The molecule has 1 amide bonds. The lowest BCUT2D eigenvalue weighted by Crippen LogP contribution is -2.49. The van der Waals surface area contributed by atoms with Gasteiger partial charge in [-0.3, -0.25) is 9.59 Å². The largest absolute Gasteiger partial charge is 0.481 e. The zero-order valence-corrected chi connectivity index (χ0v) is 12.5. The first-order valence-electron chi connectivity index (χ1n) is 6.67. The molecule has 1 saturated heterocycles. The fourth-order valence-electron chi connectivity index (χ4n) is 2.31. The van der Waals surface area contributed by atoms with E-state index < -0.39 is 29.7 Å². The van der Waals surface area contributed by atoms with Crippen molar-refractivity contribution in [2.75, 3.05) is 19.8 Å². The van der Waals surface area contributed by atoms with Crippen LogP contribution in [0.5, 0.6) is 0 Å². The van der Waals surface area contributed by atoms with Crippen molar-refractivity contribution < 1.29 is 32.6 Å². The summed E-state index contributed by atoms with van der Waals surface area (Å²) in [6, 6.07) is 1.72. The predicted molar refractivity (Wildman–Crippen MR) is 74.4 cm³/mol. The molecule has 0 bridgehead atoms. The highest BCUT2D eigenvalue weighted by Gasteiger charge is 2.34. The van der Waals surface area contributed by atoms with Gasteiger partial charge in [0.2, 0.25) is 0 Å². The summed E-state index contributed by atoms with van der Waals surface area (Å²) in [7, 11) is 0. The first-order valence-corrected chi connectivity index (χ1v) is 7.05. The van der Waals surface area contributed by atoms with Crippen LogP contribution >= 0.6 is 11.6 Å². The number of carboxylic acids is 1. The molecule has 0 spiro atoms. The van der Waals surface area contributed by atoms with Crippen LogP contribution in [0.25, 0.3) is 0 Å². The lowest BCUT2D eigenvalue weighted by atomic mass is 10.1. The summed E-state index contributed by atoms with van der Waals surface area (Å²) in [5.41, 5.74) is -1.30. The molecule has 1 atom stereocenters. The molecule has 1 aliphatic heterocycles. The van der Waals surface area contributed by atoms with Crippen molar-refractivity contribution in [3.8, 4) is 0 Å². The summed E-state index contributed by atoms with van der Waals surface area (Å²) in [6.07, 6.45) is -4.96. The molecule has 0 saturated carbocycles. The summed E-state index contributed by atoms with van der Waals surface area (Å²) < 4.78 is 43.5. The third-order valence-electron chi connectivity index (χ3n) is 3.42. The summed E-state index contributed by atoms with van der Waals surface area (Å²) in [6.45, 7) is 0.274. The maximum Gasteiger partial charge on any atom is 0.416 e. The summed E-state index contributed by atoms with van der Waals surface area (Å²) in [5, 5.41) is 8.75. The number of benzene rings is 1. The van der Waals surface area contributed by atoms with Crippen molar-refractivity contribution in [1.29, 1.82) is 0 Å². The van der Waals surface area contributed by atoms with E-state index in [9.17, 15) is 22.8 Å². The van der Waals surface area contributed by atoms with E-state index >= 15 is 0 Å². The Bertz CT molecular complexity index is 621. The van der Waals surface area contributed by atoms with Crippen LogP contribution < -0.4 is 0 Å². The van der Waals surface area contributed by atoms with E-state index in [0.29, 0.717) is 6.07 Å². The van der Waals surface area contributed by atoms with E-state index in [0.717, 1.165) is 12.1 Å². The minimum atomic E-state index is -4.61. The van der Waals surface area contributed by atoms with Gasteiger partial charge in [0.1, 0.15) is 0 Å². The number of carbonyl (C=O) groups excluding carboxylic acids is 1. The van der Waals surface area contributed by atoms with E-state index in [1.807, 2.05) is 0 Å². The Hall–Kier alpha value is -1.80. The van der Waals surface area contributed by atoms with Gasteiger partial charge in [-0.25, -0.2) is 0 Å². The molecular formula is C14H13ClF3NO4. The Kier molecular flexibility index (Phi) is 5.16. The Morgan fingerprint density at radius 2 is 2.09 bits per heavy atom. The van der Waals surface area contributed by atoms with Crippen LogP contribution in [0.1, 0.15) is 22.3 Å². The minimum absolute atomic E-state index is 0.00855. The molecule has 2 rings (SSSR count). The fourth-order valence-corrected chi connectivity index (χ4v) is 2.51. The first-order chi connectivity index (χ1) is 10.7. The predicted octanol–water partition coefficient (Wildman–Crippen LogP) is 2.67. The van der Waals surface area contributed by atoms with Gasteiger partial charge in [-0.1, -0.05) is 11.6 Å². The summed E-state index contributed by atoms with van der Waals surface area (Å²) in [5.74, 6) is -1.87. The molecule has 23 heavy (non-hydrogen) atoms. The maximum absolute atomic E-state index is 12.8. The molecule has 0 aromatic heterocycles. The van der Waals surface area contributed by atoms with Crippen LogP contribution in [-0.4, -0.2) is 47.7 Å². The first kappa shape index (κ1) is 17.6. The molecular weight excluding hydrogens is 339 g/mol. The minimum Gasteiger partial charge on any atom is -0.481 e. The molecule has 9 heteroatoms. The number of ether oxygens (including phenoxy) is 1. The Morgan fingerprint density at radius 1 is 1.39 bits per heavy atom. The van der Waals surface area contributed by atoms with Gasteiger partial charge in [0, 0.05) is 6.54 Å². The quantitative estimate of drug-likeness (QED) is 0.909. The maximum atomic E-state index is 12.8. The van der Waals surface area contributed by atoms with Crippen molar-refractivity contribution >= 4 is 23.5 Å². The van der Waals surface area contributed by atoms with Gasteiger partial charge in [0.15, 0.2) is 0 Å². The number of hydrogen-bond donors (Lipinski definition) is 1. The number of carbonyl (C=O) groups is 2. The number of hydrogen-bond acceptors (Lipinski definition) is 3. The average molecular weight is 352 g/mol. The van der Waals surface area contributed by atoms with Crippen LogP contribution in [0.15, 0.2) is 18.2 Å². The second-order valence-electron chi connectivity index (χ2n) is 5.02. The number of nitrogens with zero attached hydrogens (tertiary/aromatic N) is 1. The second kappa shape index (κ2) is 6.76. The number of rotatable bonds is 3. The fraction of sp³-hybridized carbons (Fsp3) is 0.429. The zero-order chi connectivity index (χ0) is 17.2. The zero-order valence-electron chi connectivity index (χ0n) is 11.8. The van der Waals surface area contributed by atoms with E-state index in [4.69, 9.17) is 21.4 Å². The molecule has 0 aliphatic carbocycles. The summed E-state index contributed by atoms with van der Waals surface area (Å²) in [4.78, 5) is 24.6. The van der Waals surface area contributed by atoms with Crippen LogP contribution in [0.2, 0.25) is 5.02 Å². The highest BCUT2D eigenvalue weighted by Crippen LogP contribution is 2.32. The molecule has 1 fully saturated rings. The number of morpholine rings is 1. The van der Waals surface area contributed by atoms with E-state index in [-0.39, 0.29) is 36.8 Å². The summed E-state index contributed by atoms with van der Waals surface area (Å²) >= 11 is 5.85. The molecule has 1 aliphatic rings. The highest BCUT2D eigenvalue weighted by atomic mass is 35.5. The number of amides is 1. The van der Waals surface area contributed by atoms with Crippen molar-refractivity contribution in [2.45, 2.75) is 18.6 Å². The van der Waals surface area contributed by atoms with Crippen LogP contribution in [0.4, 0.5) is 13.2 Å². The van der Waals surface area contributed by atoms with Crippen LogP contribution in [0.3, 0.4) is 0 Å². The average Bonchev–Trinajstić information content (AvgIpc) is 2.46. The normalized spacial score (nSPS) is 18.8. The standard InChI is InChI=1S/C14H13ClF3NO4/c15-11-2-1-8(14(16,17)18)5-10(11)13(22)19-3-4-23-7-9(19)6-12(20)21/h1-2,5,9H,3-4,6-7H2,(H,20,21)/t9-/m0/s1. The number of aliphatic carboxylic acids is 1. The molecule has 0 radical (unpaired) electrons. The van der Waals surface area contributed by atoms with Gasteiger partial charge in [-0.2, -0.15) is 13.2 Å². The third kappa shape index (κ3) is 4.14. The van der Waals surface area contributed by atoms with Gasteiger partial charge >= 0.3 is 12.1 Å². The Balaban J connectivity index is 2.32. The molecule has 126 valence electrons. The van der Waals surface area contributed by atoms with Crippen molar-refractivity contribution in [3.63, 3.8) is 0 Å². The lowest BCUT2D eigenvalue weighted by Gasteiger charge is -2.35. The molecule has 1 N–H and O–H groups in total. The molecule has 5 nitrogen and oxygen atoms in total. The van der Waals surface area contributed by atoms with Crippen LogP contribution in [-0.2, 0) is 15.7 Å². The number of carboxylic acid groups (broad SMARTS) is 1. The topological polar surface area (TPSA) is 66.8 Å². The molecule has 0 unspecified atom stereocenters. The Morgan fingerprint density at radius 3 is 2.70 bits per heavy atom. The van der Waals surface area contributed by atoms with Gasteiger partial charge < -0.3 is 14.7 Å². The van der Waals surface area contributed by atoms with E-state index in [2.05, 4.69) is 0 Å². The van der Waals surface area contributed by atoms with E-state index in [1.54, 1.807) is 0 Å². The number of halogens is 4. The highest BCUT2D eigenvalue weighted by molar-refractivity contribution is 6.33. The SMILES string of the molecule is O=C(O)C[C@H]1COCCN1C(=O)c1cc(C(F)(F)F)ccc1Cl. The van der Waals surface area contributed by atoms with Gasteiger partial charge in [-0.15, -0.1) is 0 Å². The van der Waals surface area contributed by atoms with Crippen molar-refractivity contribution in [1.82, 2.24) is 4.90 Å². The van der Waals surface area contributed by atoms with Gasteiger partial charge in [0.05, 0.1) is 41.8 Å².